The molecule has 9 atom stereocenters. The number of carbonyl (C=O) groups excluding carboxylic acids is 2. The van der Waals surface area contributed by atoms with Crippen molar-refractivity contribution in [3.05, 3.63) is 23.5 Å². The summed E-state index contributed by atoms with van der Waals surface area (Å²) in [5, 5.41) is 11.6. The van der Waals surface area contributed by atoms with Crippen molar-refractivity contribution in [2.45, 2.75) is 72.1 Å². The summed E-state index contributed by atoms with van der Waals surface area (Å²) >= 11 is 0. The van der Waals surface area contributed by atoms with E-state index >= 15 is 0 Å². The Bertz CT molecular complexity index is 814. The van der Waals surface area contributed by atoms with Crippen LogP contribution in [-0.4, -0.2) is 46.5 Å². The Balaban J connectivity index is 1.82. The summed E-state index contributed by atoms with van der Waals surface area (Å²) in [5.74, 6) is 0.745. The third-order valence-electron chi connectivity index (χ3n) is 8.48. The van der Waals surface area contributed by atoms with Gasteiger partial charge in [-0.2, -0.15) is 0 Å². The number of likely N-dealkylation sites (tertiary alicyclic amines) is 1. The molecule has 5 nitrogen and oxygen atoms in total. The standard InChI is InChI=1S/C25H37NO4/c1-12(2)21-23(28)20(24(29)26(21)7)22(27)19-17(25(6)15(5)30-25)9-8-16-11-13(3)10-14(4)18(16)19/h8-9,12-19,21,27H,10-11H2,1-7H3/t13-,14+,15-,16-,17?,18+,19+,21-,25+/m0/s1. The Hall–Kier alpha value is -1.62. The quantitative estimate of drug-likeness (QED) is 0.247. The summed E-state index contributed by atoms with van der Waals surface area (Å²) in [6.07, 6.45) is 6.80. The second-order valence-electron chi connectivity index (χ2n) is 10.9. The zero-order valence-corrected chi connectivity index (χ0v) is 19.4. The Kier molecular flexibility index (Phi) is 5.20. The van der Waals surface area contributed by atoms with Crippen LogP contribution in [0.2, 0.25) is 0 Å². The van der Waals surface area contributed by atoms with E-state index in [9.17, 15) is 14.7 Å². The van der Waals surface area contributed by atoms with Gasteiger partial charge in [-0.15, -0.1) is 0 Å². The number of rotatable bonds is 3. The van der Waals surface area contributed by atoms with Gasteiger partial charge in [0.15, 0.2) is 5.78 Å². The normalized spacial score (nSPS) is 47.7. The van der Waals surface area contributed by atoms with Gasteiger partial charge in [0, 0.05) is 18.9 Å². The zero-order valence-electron chi connectivity index (χ0n) is 19.4. The topological polar surface area (TPSA) is 70.1 Å². The summed E-state index contributed by atoms with van der Waals surface area (Å²) in [7, 11) is 1.67. The van der Waals surface area contributed by atoms with E-state index in [2.05, 4.69) is 39.8 Å². The van der Waals surface area contributed by atoms with Gasteiger partial charge >= 0.3 is 0 Å². The maximum atomic E-state index is 13.3. The number of Topliss-reactive ketones (excluding diaryl/α,β-unsaturated/α-hetero) is 1. The van der Waals surface area contributed by atoms with Gasteiger partial charge in [0.05, 0.1) is 17.7 Å². The maximum absolute atomic E-state index is 13.3. The molecule has 1 amide bonds. The molecule has 2 saturated heterocycles. The summed E-state index contributed by atoms with van der Waals surface area (Å²) < 4.78 is 5.99. The number of aliphatic hydroxyl groups is 1. The van der Waals surface area contributed by atoms with E-state index in [1.54, 1.807) is 7.05 Å². The molecule has 1 saturated carbocycles. The van der Waals surface area contributed by atoms with E-state index in [0.717, 1.165) is 12.8 Å². The lowest BCUT2D eigenvalue weighted by molar-refractivity contribution is -0.126. The molecule has 30 heavy (non-hydrogen) atoms. The lowest BCUT2D eigenvalue weighted by atomic mass is 9.56. The fraction of sp³-hybridized carbons (Fsp3) is 0.760. The predicted octanol–water partition coefficient (Wildman–Crippen LogP) is 4.14. The molecule has 0 radical (unpaired) electrons. The number of carbonyl (C=O) groups is 2. The minimum absolute atomic E-state index is 0.00491. The van der Waals surface area contributed by atoms with Gasteiger partial charge in [0.2, 0.25) is 0 Å². The first-order valence-corrected chi connectivity index (χ1v) is 11.6. The first-order chi connectivity index (χ1) is 14.0. The van der Waals surface area contributed by atoms with Crippen LogP contribution in [0.25, 0.3) is 0 Å². The molecular formula is C25H37NO4. The monoisotopic (exact) mass is 415 g/mol. The number of amides is 1. The van der Waals surface area contributed by atoms with E-state index in [1.807, 2.05) is 13.8 Å². The summed E-state index contributed by atoms with van der Waals surface area (Å²) in [6, 6.07) is -0.501. The molecule has 0 spiro atoms. The smallest absolute Gasteiger partial charge is 0.261 e. The van der Waals surface area contributed by atoms with Gasteiger partial charge in [-0.25, -0.2) is 0 Å². The third-order valence-corrected chi connectivity index (χ3v) is 8.48. The molecule has 4 aliphatic rings. The van der Waals surface area contributed by atoms with Crippen LogP contribution in [0.1, 0.15) is 54.4 Å². The molecule has 1 N–H and O–H groups in total. The molecule has 3 fully saturated rings. The molecule has 2 aliphatic heterocycles. The highest BCUT2D eigenvalue weighted by Crippen LogP contribution is 2.57. The Labute approximate surface area is 180 Å². The van der Waals surface area contributed by atoms with Crippen molar-refractivity contribution >= 4 is 11.7 Å². The number of fused-ring (bicyclic) bond motifs is 1. The van der Waals surface area contributed by atoms with E-state index in [1.165, 1.54) is 4.90 Å². The summed E-state index contributed by atoms with van der Waals surface area (Å²) in [6.45, 7) is 12.6. The van der Waals surface area contributed by atoms with Crippen molar-refractivity contribution < 1.29 is 19.4 Å². The second-order valence-corrected chi connectivity index (χ2v) is 10.9. The van der Waals surface area contributed by atoms with Crippen LogP contribution in [-0.2, 0) is 14.3 Å². The average Bonchev–Trinajstić information content (AvgIpc) is 3.19. The lowest BCUT2D eigenvalue weighted by Crippen LogP contribution is -2.45. The molecule has 0 aromatic carbocycles. The van der Waals surface area contributed by atoms with Gasteiger partial charge < -0.3 is 14.7 Å². The Morgan fingerprint density at radius 1 is 1.20 bits per heavy atom. The molecule has 0 aromatic rings. The molecule has 0 aromatic heterocycles. The van der Waals surface area contributed by atoms with E-state index < -0.39 is 6.04 Å². The molecular weight excluding hydrogens is 378 g/mol. The minimum Gasteiger partial charge on any atom is -0.511 e. The molecule has 2 heterocycles. The average molecular weight is 416 g/mol. The van der Waals surface area contributed by atoms with E-state index in [-0.39, 0.29) is 58.4 Å². The first kappa shape index (κ1) is 21.6. The SMILES string of the molecule is CC(C)[C@H]1C(=O)C(=C(O)[C@@H]2C([C@]3(C)O[C@H]3C)C=C[C@H]3C[C@@H](C)C[C@@H](C)[C@@H]23)C(=O)N1C. The van der Waals surface area contributed by atoms with Crippen molar-refractivity contribution in [1.82, 2.24) is 4.90 Å². The van der Waals surface area contributed by atoms with Gasteiger partial charge in [-0.1, -0.05) is 39.8 Å². The third kappa shape index (κ3) is 3.07. The van der Waals surface area contributed by atoms with Gasteiger partial charge in [0.1, 0.15) is 11.3 Å². The van der Waals surface area contributed by atoms with Crippen molar-refractivity contribution in [3.63, 3.8) is 0 Å². The fourth-order valence-electron chi connectivity index (χ4n) is 6.86. The van der Waals surface area contributed by atoms with Crippen LogP contribution in [0.4, 0.5) is 0 Å². The first-order valence-electron chi connectivity index (χ1n) is 11.6. The van der Waals surface area contributed by atoms with Crippen LogP contribution in [0.15, 0.2) is 23.5 Å². The second kappa shape index (κ2) is 7.22. The number of aliphatic hydroxyl groups excluding tert-OH is 1. The lowest BCUT2D eigenvalue weighted by Gasteiger charge is -2.48. The van der Waals surface area contributed by atoms with Gasteiger partial charge in [0.25, 0.3) is 5.91 Å². The number of nitrogens with zero attached hydrogens (tertiary/aromatic N) is 1. The number of hydrogen-bond acceptors (Lipinski definition) is 4. The van der Waals surface area contributed by atoms with Crippen molar-refractivity contribution in [2.75, 3.05) is 7.05 Å². The molecule has 0 bridgehead atoms. The number of likely N-dealkylation sites (N-methyl/N-ethyl adjacent to an activating group) is 1. The van der Waals surface area contributed by atoms with Crippen molar-refractivity contribution in [1.29, 1.82) is 0 Å². The predicted molar refractivity (Wildman–Crippen MR) is 116 cm³/mol. The van der Waals surface area contributed by atoms with Crippen LogP contribution in [0, 0.1) is 41.4 Å². The summed E-state index contributed by atoms with van der Waals surface area (Å²) in [4.78, 5) is 27.8. The van der Waals surface area contributed by atoms with Crippen molar-refractivity contribution in [2.24, 2.45) is 41.4 Å². The Morgan fingerprint density at radius 3 is 2.37 bits per heavy atom. The molecule has 2 aliphatic carbocycles. The van der Waals surface area contributed by atoms with Crippen LogP contribution in [0.5, 0.6) is 0 Å². The molecule has 4 rings (SSSR count). The van der Waals surface area contributed by atoms with E-state index in [0.29, 0.717) is 17.8 Å². The van der Waals surface area contributed by atoms with Crippen LogP contribution < -0.4 is 0 Å². The zero-order chi connectivity index (χ0) is 22.1. The fourth-order valence-corrected chi connectivity index (χ4v) is 6.86. The highest BCUT2D eigenvalue weighted by atomic mass is 16.6. The number of ketones is 1. The van der Waals surface area contributed by atoms with Crippen molar-refractivity contribution in [3.8, 4) is 0 Å². The van der Waals surface area contributed by atoms with Gasteiger partial charge in [-0.05, 0) is 56.3 Å². The molecule has 1 unspecified atom stereocenters. The number of hydrogen-bond donors (Lipinski definition) is 1. The largest absolute Gasteiger partial charge is 0.511 e. The highest BCUT2D eigenvalue weighted by Gasteiger charge is 2.61. The molecule has 5 heteroatoms. The van der Waals surface area contributed by atoms with E-state index in [4.69, 9.17) is 4.74 Å². The van der Waals surface area contributed by atoms with Gasteiger partial charge in [-0.3, -0.25) is 9.59 Å². The Morgan fingerprint density at radius 2 is 1.83 bits per heavy atom. The number of ether oxygens (including phenoxy) is 1. The minimum atomic E-state index is -0.501. The van der Waals surface area contributed by atoms with Crippen LogP contribution in [0.3, 0.4) is 0 Å². The summed E-state index contributed by atoms with van der Waals surface area (Å²) in [5.41, 5.74) is -0.347. The molecule has 166 valence electrons. The van der Waals surface area contributed by atoms with Crippen LogP contribution >= 0.6 is 0 Å². The number of allylic oxidation sites excluding steroid dienone is 2. The maximum Gasteiger partial charge on any atom is 0.261 e. The number of epoxide rings is 1. The highest BCUT2D eigenvalue weighted by molar-refractivity contribution is 6.26.